The number of rotatable bonds is 5. The van der Waals surface area contributed by atoms with Crippen molar-refractivity contribution in [2.24, 2.45) is 0 Å². The summed E-state index contributed by atoms with van der Waals surface area (Å²) in [6, 6.07) is 69.5. The van der Waals surface area contributed by atoms with Crippen molar-refractivity contribution < 1.29 is 4.42 Å². The molecule has 0 saturated carbocycles. The fraction of sp³-hybridized carbons (Fsp3) is 0.0517. The summed E-state index contributed by atoms with van der Waals surface area (Å²) < 4.78 is 9.41. The van der Waals surface area contributed by atoms with E-state index in [2.05, 4.69) is 188 Å². The maximum Gasteiger partial charge on any atom is 0.165 e. The molecular formula is C58H37N3OS. The van der Waals surface area contributed by atoms with Crippen LogP contribution in [0.15, 0.2) is 199 Å². The van der Waals surface area contributed by atoms with Crippen LogP contribution >= 0.6 is 11.3 Å². The Hall–Kier alpha value is -7.73. The Kier molecular flexibility index (Phi) is 8.25. The lowest BCUT2D eigenvalue weighted by atomic mass is 9.84. The minimum atomic E-state index is 0.104. The maximum absolute atomic E-state index is 7.00. The largest absolute Gasteiger partial charge is 0.456 e. The first-order valence-corrected chi connectivity index (χ1v) is 22.4. The summed E-state index contributed by atoms with van der Waals surface area (Å²) >= 11 is 1.79. The first kappa shape index (κ1) is 36.0. The van der Waals surface area contributed by atoms with Gasteiger partial charge in [0.2, 0.25) is 0 Å². The second-order valence-corrected chi connectivity index (χ2v) is 17.6. The summed E-state index contributed by atoms with van der Waals surface area (Å²) in [4.78, 5) is 16.0. The molecule has 1 atom stereocenters. The van der Waals surface area contributed by atoms with E-state index in [-0.39, 0.29) is 5.92 Å². The number of aromatic nitrogens is 3. The van der Waals surface area contributed by atoms with Crippen LogP contribution in [0.4, 0.5) is 0 Å². The number of nitrogens with zero attached hydrogens (tertiary/aromatic N) is 3. The molecule has 0 spiro atoms. The van der Waals surface area contributed by atoms with E-state index >= 15 is 0 Å². The number of furan rings is 1. The molecule has 5 heteroatoms. The topological polar surface area (TPSA) is 51.8 Å². The van der Waals surface area contributed by atoms with Crippen LogP contribution in [0, 0.1) is 0 Å². The lowest BCUT2D eigenvalue weighted by Gasteiger charge is -2.19. The minimum Gasteiger partial charge on any atom is -0.456 e. The SMILES string of the molecule is c1ccc(-c2ccc(-c3nc(-c4cccc5c4sc4ccccc45)nc(-c4ccc(C5CCc6cc7ccccc7cc6-c6ccccc65)c5oc6ccccc6c45)n3)cc2)cc1. The van der Waals surface area contributed by atoms with E-state index < -0.39 is 0 Å². The van der Waals surface area contributed by atoms with Crippen LogP contribution in [0.1, 0.15) is 29.0 Å². The summed E-state index contributed by atoms with van der Waals surface area (Å²) in [5.74, 6) is 1.99. The van der Waals surface area contributed by atoms with Gasteiger partial charge in [-0.2, -0.15) is 0 Å². The number of fused-ring (bicyclic) bond motifs is 10. The fourth-order valence-electron chi connectivity index (χ4n) is 9.99. The predicted molar refractivity (Wildman–Crippen MR) is 261 cm³/mol. The van der Waals surface area contributed by atoms with Gasteiger partial charge >= 0.3 is 0 Å². The first-order valence-electron chi connectivity index (χ1n) is 21.6. The number of hydrogen-bond acceptors (Lipinski definition) is 5. The van der Waals surface area contributed by atoms with Crippen LogP contribution in [0.5, 0.6) is 0 Å². The van der Waals surface area contributed by atoms with Gasteiger partial charge in [0.1, 0.15) is 11.2 Å². The molecule has 4 nitrogen and oxygen atoms in total. The summed E-state index contributed by atoms with van der Waals surface area (Å²) in [7, 11) is 0. The maximum atomic E-state index is 7.00. The van der Waals surface area contributed by atoms with Gasteiger partial charge in [0.05, 0.1) is 0 Å². The third-order valence-corrected chi connectivity index (χ3v) is 14.2. The third kappa shape index (κ3) is 5.92. The van der Waals surface area contributed by atoms with Crippen molar-refractivity contribution in [3.8, 4) is 56.4 Å². The number of hydrogen-bond donors (Lipinski definition) is 0. The van der Waals surface area contributed by atoms with Gasteiger partial charge in [-0.3, -0.25) is 0 Å². The lowest BCUT2D eigenvalue weighted by molar-refractivity contribution is 0.647. The lowest BCUT2D eigenvalue weighted by Crippen LogP contribution is -2.04. The molecule has 12 aromatic rings. The Morgan fingerprint density at radius 3 is 1.97 bits per heavy atom. The highest BCUT2D eigenvalue weighted by atomic mass is 32.1. The van der Waals surface area contributed by atoms with Gasteiger partial charge in [0.15, 0.2) is 17.5 Å². The number of aryl methyl sites for hydroxylation is 1. The molecule has 13 rings (SSSR count). The highest BCUT2D eigenvalue weighted by Gasteiger charge is 2.29. The molecule has 0 radical (unpaired) electrons. The van der Waals surface area contributed by atoms with Crippen molar-refractivity contribution in [1.82, 2.24) is 15.0 Å². The number of benzene rings is 9. The standard InChI is InChI=1S/C58H37N3OS/c1-2-13-35(14-3-1)36-25-27-37(28-26-36)56-59-57(61-58(60-56)49-22-12-21-46-44-19-9-11-24-52(44)63-55(46)49)48-32-31-45(54-53(48)47-20-8-10-23-51(47)62-54)43-30-29-40-33-38-15-4-5-16-39(38)34-50(40)42-18-7-6-17-41(42)43/h1-28,31-34,43H,29-30H2. The van der Waals surface area contributed by atoms with Crippen molar-refractivity contribution in [2.45, 2.75) is 18.8 Å². The van der Waals surface area contributed by atoms with E-state index in [0.717, 1.165) is 61.7 Å². The zero-order valence-corrected chi connectivity index (χ0v) is 34.9. The van der Waals surface area contributed by atoms with E-state index in [1.165, 1.54) is 59.6 Å². The molecule has 0 N–H and O–H groups in total. The molecule has 3 heterocycles. The Morgan fingerprint density at radius 2 is 1.10 bits per heavy atom. The molecule has 0 fully saturated rings. The molecular weight excluding hydrogens is 787 g/mol. The zero-order valence-electron chi connectivity index (χ0n) is 34.1. The summed E-state index contributed by atoms with van der Waals surface area (Å²) in [6.45, 7) is 0. The normalized spacial score (nSPS) is 13.7. The smallest absolute Gasteiger partial charge is 0.165 e. The Morgan fingerprint density at radius 1 is 0.444 bits per heavy atom. The quantitative estimate of drug-likeness (QED) is 0.173. The molecule has 0 aliphatic heterocycles. The molecule has 1 aliphatic carbocycles. The van der Waals surface area contributed by atoms with Crippen molar-refractivity contribution in [3.05, 3.63) is 211 Å². The first-order chi connectivity index (χ1) is 31.2. The van der Waals surface area contributed by atoms with Gasteiger partial charge in [-0.05, 0) is 87.3 Å². The van der Waals surface area contributed by atoms with Crippen LogP contribution < -0.4 is 0 Å². The summed E-state index contributed by atoms with van der Waals surface area (Å²) in [5.41, 5.74) is 13.4. The molecule has 0 saturated heterocycles. The van der Waals surface area contributed by atoms with Gasteiger partial charge in [-0.25, -0.2) is 15.0 Å². The van der Waals surface area contributed by atoms with Crippen molar-refractivity contribution in [2.75, 3.05) is 0 Å². The Balaban J connectivity index is 1.02. The van der Waals surface area contributed by atoms with E-state index in [1.54, 1.807) is 11.3 Å². The van der Waals surface area contributed by atoms with Crippen molar-refractivity contribution >= 4 is 64.2 Å². The molecule has 1 unspecified atom stereocenters. The molecule has 296 valence electrons. The van der Waals surface area contributed by atoms with Gasteiger partial charge in [0, 0.05) is 59.1 Å². The van der Waals surface area contributed by atoms with Crippen LogP contribution in [0.3, 0.4) is 0 Å². The van der Waals surface area contributed by atoms with Crippen LogP contribution in [-0.4, -0.2) is 15.0 Å². The van der Waals surface area contributed by atoms with Crippen LogP contribution in [-0.2, 0) is 6.42 Å². The van der Waals surface area contributed by atoms with Gasteiger partial charge in [-0.1, -0.05) is 164 Å². The number of thiophene rings is 1. The average molecular weight is 824 g/mol. The van der Waals surface area contributed by atoms with Crippen molar-refractivity contribution in [1.29, 1.82) is 0 Å². The van der Waals surface area contributed by atoms with E-state index in [9.17, 15) is 0 Å². The molecule has 1 aliphatic rings. The molecule has 0 amide bonds. The minimum absolute atomic E-state index is 0.104. The van der Waals surface area contributed by atoms with Crippen LogP contribution in [0.2, 0.25) is 0 Å². The predicted octanol–water partition coefficient (Wildman–Crippen LogP) is 15.7. The fourth-order valence-corrected chi connectivity index (χ4v) is 11.2. The highest BCUT2D eigenvalue weighted by Crippen LogP contribution is 2.48. The number of para-hydroxylation sites is 1. The monoisotopic (exact) mass is 823 g/mol. The molecule has 63 heavy (non-hydrogen) atoms. The van der Waals surface area contributed by atoms with E-state index in [4.69, 9.17) is 19.4 Å². The molecule has 3 aromatic heterocycles. The van der Waals surface area contributed by atoms with Gasteiger partial charge in [-0.15, -0.1) is 11.3 Å². The Bertz CT molecular complexity index is 3750. The van der Waals surface area contributed by atoms with E-state index in [1.807, 2.05) is 6.07 Å². The summed E-state index contributed by atoms with van der Waals surface area (Å²) in [6.07, 6.45) is 1.90. The second-order valence-electron chi connectivity index (χ2n) is 16.6. The average Bonchev–Trinajstić information content (AvgIpc) is 3.89. The zero-order chi connectivity index (χ0) is 41.4. The molecule has 9 aromatic carbocycles. The second kappa shape index (κ2) is 14.4. The highest BCUT2D eigenvalue weighted by molar-refractivity contribution is 7.26. The van der Waals surface area contributed by atoms with E-state index in [0.29, 0.717) is 17.5 Å². The van der Waals surface area contributed by atoms with Gasteiger partial charge < -0.3 is 4.42 Å². The van der Waals surface area contributed by atoms with Gasteiger partial charge in [0.25, 0.3) is 0 Å². The Labute approximate surface area is 367 Å². The third-order valence-electron chi connectivity index (χ3n) is 13.0. The summed E-state index contributed by atoms with van der Waals surface area (Å²) in [5, 5.41) is 7.06. The van der Waals surface area contributed by atoms with Crippen molar-refractivity contribution in [3.63, 3.8) is 0 Å². The van der Waals surface area contributed by atoms with Crippen LogP contribution in [0.25, 0.3) is 109 Å². The molecule has 0 bridgehead atoms.